The quantitative estimate of drug-likeness (QED) is 0.847. The number of ether oxygens (including phenoxy) is 1. The number of nitrogens with one attached hydrogen (secondary N) is 1. The lowest BCUT2D eigenvalue weighted by Crippen LogP contribution is -2.18. The summed E-state index contributed by atoms with van der Waals surface area (Å²) in [5.41, 5.74) is 1.12. The van der Waals surface area contributed by atoms with Gasteiger partial charge in [0.05, 0.1) is 17.5 Å². The number of rotatable bonds is 7. The molecule has 0 unspecified atom stereocenters. The minimum Gasteiger partial charge on any atom is -0.484 e. The SMILES string of the molecule is CC(C)CNCc1coc(COc2cncc(Cl)c2)c1. The van der Waals surface area contributed by atoms with Gasteiger partial charge in [-0.15, -0.1) is 0 Å². The van der Waals surface area contributed by atoms with Crippen LogP contribution in [0.3, 0.4) is 0 Å². The van der Waals surface area contributed by atoms with Gasteiger partial charge in [0, 0.05) is 24.4 Å². The Morgan fingerprint density at radius 3 is 2.95 bits per heavy atom. The van der Waals surface area contributed by atoms with Crippen LogP contribution in [0.4, 0.5) is 0 Å². The summed E-state index contributed by atoms with van der Waals surface area (Å²) in [6, 6.07) is 3.72. The summed E-state index contributed by atoms with van der Waals surface area (Å²) < 4.78 is 11.0. The van der Waals surface area contributed by atoms with E-state index in [1.54, 1.807) is 24.7 Å². The average molecular weight is 295 g/mol. The van der Waals surface area contributed by atoms with Gasteiger partial charge in [-0.3, -0.25) is 4.98 Å². The molecular weight excluding hydrogens is 276 g/mol. The summed E-state index contributed by atoms with van der Waals surface area (Å²) in [6.07, 6.45) is 4.95. The van der Waals surface area contributed by atoms with Crippen molar-refractivity contribution in [2.24, 2.45) is 5.92 Å². The number of nitrogens with zero attached hydrogens (tertiary/aromatic N) is 1. The molecule has 1 N–H and O–H groups in total. The van der Waals surface area contributed by atoms with E-state index in [-0.39, 0.29) is 0 Å². The molecule has 2 heterocycles. The second kappa shape index (κ2) is 7.31. The monoisotopic (exact) mass is 294 g/mol. The molecule has 2 rings (SSSR count). The normalized spacial score (nSPS) is 11.0. The van der Waals surface area contributed by atoms with Crippen LogP contribution in [-0.2, 0) is 13.2 Å². The predicted molar refractivity (Wildman–Crippen MR) is 78.8 cm³/mol. The number of hydrogen-bond donors (Lipinski definition) is 1. The van der Waals surface area contributed by atoms with Crippen molar-refractivity contribution in [1.82, 2.24) is 10.3 Å². The van der Waals surface area contributed by atoms with Crippen LogP contribution in [0.2, 0.25) is 5.02 Å². The van der Waals surface area contributed by atoms with E-state index in [0.29, 0.717) is 23.3 Å². The minimum absolute atomic E-state index is 0.367. The van der Waals surface area contributed by atoms with E-state index in [9.17, 15) is 0 Å². The molecule has 0 fully saturated rings. The van der Waals surface area contributed by atoms with Crippen LogP contribution in [0.25, 0.3) is 0 Å². The van der Waals surface area contributed by atoms with Gasteiger partial charge in [0.25, 0.3) is 0 Å². The fraction of sp³-hybridized carbons (Fsp3) is 0.400. The van der Waals surface area contributed by atoms with Crippen molar-refractivity contribution in [3.8, 4) is 5.75 Å². The van der Waals surface area contributed by atoms with Gasteiger partial charge in [-0.2, -0.15) is 0 Å². The third kappa shape index (κ3) is 4.87. The van der Waals surface area contributed by atoms with E-state index < -0.39 is 0 Å². The van der Waals surface area contributed by atoms with E-state index >= 15 is 0 Å². The maximum Gasteiger partial charge on any atom is 0.146 e. The van der Waals surface area contributed by atoms with Gasteiger partial charge >= 0.3 is 0 Å². The molecule has 108 valence electrons. The first kappa shape index (κ1) is 14.9. The first-order valence-electron chi connectivity index (χ1n) is 6.64. The molecule has 0 atom stereocenters. The Morgan fingerprint density at radius 1 is 1.35 bits per heavy atom. The topological polar surface area (TPSA) is 47.3 Å². The first-order valence-corrected chi connectivity index (χ1v) is 7.01. The molecule has 0 saturated carbocycles. The molecule has 5 heteroatoms. The Kier molecular flexibility index (Phi) is 5.44. The zero-order chi connectivity index (χ0) is 14.4. The van der Waals surface area contributed by atoms with Crippen LogP contribution in [-0.4, -0.2) is 11.5 Å². The van der Waals surface area contributed by atoms with Gasteiger partial charge in [-0.05, 0) is 18.5 Å². The van der Waals surface area contributed by atoms with Crippen LogP contribution >= 0.6 is 11.6 Å². The van der Waals surface area contributed by atoms with E-state index in [0.717, 1.165) is 24.4 Å². The zero-order valence-corrected chi connectivity index (χ0v) is 12.5. The zero-order valence-electron chi connectivity index (χ0n) is 11.7. The molecule has 20 heavy (non-hydrogen) atoms. The highest BCUT2D eigenvalue weighted by molar-refractivity contribution is 6.30. The van der Waals surface area contributed by atoms with Crippen LogP contribution in [0.1, 0.15) is 25.2 Å². The Bertz CT molecular complexity index is 540. The second-order valence-corrected chi connectivity index (χ2v) is 5.51. The van der Waals surface area contributed by atoms with Crippen LogP contribution < -0.4 is 10.1 Å². The number of furan rings is 1. The maximum absolute atomic E-state index is 5.84. The predicted octanol–water partition coefficient (Wildman–Crippen LogP) is 3.65. The standard InChI is InChI=1S/C15H19ClN2O2/c1-11(2)5-17-6-12-3-15(19-9-12)10-20-14-4-13(16)7-18-8-14/h3-4,7-9,11,17H,5-6,10H2,1-2H3. The number of pyridine rings is 1. The number of halogens is 1. The van der Waals surface area contributed by atoms with Gasteiger partial charge < -0.3 is 14.5 Å². The Hall–Kier alpha value is -1.52. The van der Waals surface area contributed by atoms with Crippen molar-refractivity contribution in [1.29, 1.82) is 0 Å². The van der Waals surface area contributed by atoms with Crippen LogP contribution in [0.5, 0.6) is 5.75 Å². The van der Waals surface area contributed by atoms with Gasteiger partial charge in [0.1, 0.15) is 18.1 Å². The molecule has 0 aliphatic carbocycles. The summed E-state index contributed by atoms with van der Waals surface area (Å²) in [5.74, 6) is 2.06. The van der Waals surface area contributed by atoms with Crippen LogP contribution in [0.15, 0.2) is 35.2 Å². The molecule has 0 amide bonds. The van der Waals surface area contributed by atoms with Gasteiger partial charge in [0.15, 0.2) is 0 Å². The van der Waals surface area contributed by atoms with E-state index in [4.69, 9.17) is 20.8 Å². The van der Waals surface area contributed by atoms with Crippen molar-refractivity contribution in [3.05, 3.63) is 47.1 Å². The van der Waals surface area contributed by atoms with Crippen LogP contribution in [0, 0.1) is 5.92 Å². The molecule has 0 spiro atoms. The lowest BCUT2D eigenvalue weighted by Gasteiger charge is -2.05. The summed E-state index contributed by atoms with van der Waals surface area (Å²) in [5, 5.41) is 3.92. The molecule has 0 aromatic carbocycles. The molecule has 2 aromatic rings. The lowest BCUT2D eigenvalue weighted by atomic mass is 10.2. The second-order valence-electron chi connectivity index (χ2n) is 5.07. The highest BCUT2D eigenvalue weighted by Crippen LogP contribution is 2.17. The van der Waals surface area contributed by atoms with E-state index in [2.05, 4.69) is 24.1 Å². The largest absolute Gasteiger partial charge is 0.484 e. The van der Waals surface area contributed by atoms with Crippen molar-refractivity contribution >= 4 is 11.6 Å². The Balaban J connectivity index is 1.80. The fourth-order valence-electron chi connectivity index (χ4n) is 1.73. The minimum atomic E-state index is 0.367. The highest BCUT2D eigenvalue weighted by atomic mass is 35.5. The molecule has 0 aliphatic heterocycles. The summed E-state index contributed by atoms with van der Waals surface area (Å²) >= 11 is 5.84. The van der Waals surface area contributed by atoms with E-state index in [1.165, 1.54) is 0 Å². The Labute approximate surface area is 124 Å². The molecule has 0 radical (unpaired) electrons. The van der Waals surface area contributed by atoms with Gasteiger partial charge in [-0.1, -0.05) is 25.4 Å². The maximum atomic E-state index is 5.84. The molecule has 0 saturated heterocycles. The smallest absolute Gasteiger partial charge is 0.146 e. The number of aromatic nitrogens is 1. The molecular formula is C15H19ClN2O2. The number of hydrogen-bond acceptors (Lipinski definition) is 4. The molecule has 4 nitrogen and oxygen atoms in total. The third-order valence-electron chi connectivity index (χ3n) is 2.65. The lowest BCUT2D eigenvalue weighted by molar-refractivity contribution is 0.269. The molecule has 0 bridgehead atoms. The summed E-state index contributed by atoms with van der Waals surface area (Å²) in [4.78, 5) is 3.96. The highest BCUT2D eigenvalue weighted by Gasteiger charge is 2.04. The first-order chi connectivity index (χ1) is 9.63. The van der Waals surface area contributed by atoms with Crippen molar-refractivity contribution in [2.45, 2.75) is 27.0 Å². The van der Waals surface area contributed by atoms with Crippen molar-refractivity contribution in [2.75, 3.05) is 6.54 Å². The fourth-order valence-corrected chi connectivity index (χ4v) is 1.89. The molecule has 2 aromatic heterocycles. The van der Waals surface area contributed by atoms with Crippen molar-refractivity contribution < 1.29 is 9.15 Å². The van der Waals surface area contributed by atoms with Crippen molar-refractivity contribution in [3.63, 3.8) is 0 Å². The van der Waals surface area contributed by atoms with E-state index in [1.807, 2.05) is 6.07 Å². The third-order valence-corrected chi connectivity index (χ3v) is 2.86. The van der Waals surface area contributed by atoms with Gasteiger partial charge in [-0.25, -0.2) is 0 Å². The summed E-state index contributed by atoms with van der Waals surface area (Å²) in [7, 11) is 0. The average Bonchev–Trinajstić information content (AvgIpc) is 2.84. The van der Waals surface area contributed by atoms with Gasteiger partial charge in [0.2, 0.25) is 0 Å². The Morgan fingerprint density at radius 2 is 2.20 bits per heavy atom. The summed E-state index contributed by atoms with van der Waals surface area (Å²) in [6.45, 7) is 6.53. The molecule has 0 aliphatic rings.